The van der Waals surface area contributed by atoms with Crippen LogP contribution in [0.25, 0.3) is 10.7 Å². The summed E-state index contributed by atoms with van der Waals surface area (Å²) in [5, 5.41) is 22.8. The fraction of sp³-hybridized carbons (Fsp3) is 0.250. The molecule has 0 atom stereocenters. The van der Waals surface area contributed by atoms with E-state index in [1.165, 1.54) is 17.5 Å². The lowest BCUT2D eigenvalue weighted by molar-refractivity contribution is 0.427. The van der Waals surface area contributed by atoms with E-state index in [1.54, 1.807) is 6.20 Å². The summed E-state index contributed by atoms with van der Waals surface area (Å²) < 4.78 is 2.25. The van der Waals surface area contributed by atoms with Gasteiger partial charge in [0, 0.05) is 18.9 Å². The Labute approximate surface area is 91.2 Å². The average molecular weight is 223 g/mol. The van der Waals surface area contributed by atoms with Gasteiger partial charge < -0.3 is 10.0 Å². The van der Waals surface area contributed by atoms with E-state index in [9.17, 15) is 0 Å². The van der Waals surface area contributed by atoms with Crippen LogP contribution in [0.2, 0.25) is 0 Å². The summed E-state index contributed by atoms with van der Waals surface area (Å²) in [5.41, 5.74) is 0.898. The molecule has 0 amide bonds. The number of thiazole rings is 1. The van der Waals surface area contributed by atoms with Crippen LogP contribution >= 0.6 is 11.3 Å². The highest BCUT2D eigenvalue weighted by atomic mass is 32.1. The van der Waals surface area contributed by atoms with Gasteiger partial charge in [0.1, 0.15) is 5.01 Å². The van der Waals surface area contributed by atoms with Crippen molar-refractivity contribution in [2.75, 3.05) is 0 Å². The zero-order valence-electron chi connectivity index (χ0n) is 8.16. The number of aryl methyl sites for hydroxylation is 1. The number of hydrogen-bond acceptors (Lipinski definition) is 5. The number of aromatic nitrogens is 3. The van der Waals surface area contributed by atoms with Crippen molar-refractivity contribution in [3.05, 3.63) is 18.5 Å². The lowest BCUT2D eigenvalue weighted by atomic mass is 9.91. The summed E-state index contributed by atoms with van der Waals surface area (Å²) in [5.74, 6) is 0. The molecule has 2 heterocycles. The van der Waals surface area contributed by atoms with Gasteiger partial charge in [-0.2, -0.15) is 5.10 Å². The lowest BCUT2D eigenvalue weighted by Crippen LogP contribution is -2.26. The summed E-state index contributed by atoms with van der Waals surface area (Å²) in [6.45, 7) is 2.75. The maximum absolute atomic E-state index is 8.96. The van der Waals surface area contributed by atoms with Crippen molar-refractivity contribution in [1.29, 1.82) is 0 Å². The fourth-order valence-corrected chi connectivity index (χ4v) is 2.11. The molecule has 0 aliphatic heterocycles. The van der Waals surface area contributed by atoms with Crippen LogP contribution in [-0.2, 0) is 6.54 Å². The Bertz CT molecular complexity index is 454. The van der Waals surface area contributed by atoms with Gasteiger partial charge in [-0.15, -0.1) is 11.3 Å². The zero-order chi connectivity index (χ0) is 10.8. The molecule has 0 bridgehead atoms. The van der Waals surface area contributed by atoms with E-state index >= 15 is 0 Å². The summed E-state index contributed by atoms with van der Waals surface area (Å²) in [6, 6.07) is 1.86. The van der Waals surface area contributed by atoms with Crippen molar-refractivity contribution < 1.29 is 10.0 Å². The van der Waals surface area contributed by atoms with Crippen molar-refractivity contribution in [2.24, 2.45) is 0 Å². The Morgan fingerprint density at radius 3 is 2.93 bits per heavy atom. The van der Waals surface area contributed by atoms with Crippen LogP contribution in [-0.4, -0.2) is 31.9 Å². The van der Waals surface area contributed by atoms with Gasteiger partial charge in [-0.3, -0.25) is 4.68 Å². The van der Waals surface area contributed by atoms with Crippen molar-refractivity contribution >= 4 is 23.2 Å². The predicted octanol–water partition coefficient (Wildman–Crippen LogP) is -0.294. The van der Waals surface area contributed by atoms with Crippen molar-refractivity contribution in [3.63, 3.8) is 0 Å². The molecular formula is C8H10BN3O2S. The van der Waals surface area contributed by atoms with Crippen molar-refractivity contribution in [3.8, 4) is 10.7 Å². The topological polar surface area (TPSA) is 71.2 Å². The molecule has 15 heavy (non-hydrogen) atoms. The van der Waals surface area contributed by atoms with Crippen LogP contribution in [0.15, 0.2) is 18.5 Å². The first-order valence-electron chi connectivity index (χ1n) is 4.56. The SMILES string of the molecule is CCn1nccc1-c1ncc(B(O)O)s1. The molecule has 2 aromatic rings. The molecule has 2 rings (SSSR count). The molecule has 0 fully saturated rings. The van der Waals surface area contributed by atoms with Gasteiger partial charge in [-0.05, 0) is 13.0 Å². The van der Waals surface area contributed by atoms with Crippen LogP contribution in [0.3, 0.4) is 0 Å². The normalized spacial score (nSPS) is 10.6. The summed E-state index contributed by atoms with van der Waals surface area (Å²) in [4.78, 5) is 4.13. The third kappa shape index (κ3) is 1.94. The average Bonchev–Trinajstić information content (AvgIpc) is 2.85. The van der Waals surface area contributed by atoms with Crippen LogP contribution in [0.5, 0.6) is 0 Å². The molecule has 0 aliphatic rings. The Morgan fingerprint density at radius 2 is 2.33 bits per heavy atom. The molecule has 5 nitrogen and oxygen atoms in total. The van der Waals surface area contributed by atoms with Crippen molar-refractivity contribution in [2.45, 2.75) is 13.5 Å². The van der Waals surface area contributed by atoms with E-state index < -0.39 is 7.12 Å². The largest absolute Gasteiger partial charge is 0.500 e. The number of rotatable bonds is 3. The molecule has 7 heteroatoms. The molecule has 2 aromatic heterocycles. The van der Waals surface area contributed by atoms with Crippen LogP contribution in [0.4, 0.5) is 0 Å². The fourth-order valence-electron chi connectivity index (χ4n) is 1.29. The second kappa shape index (κ2) is 4.14. The summed E-state index contributed by atoms with van der Waals surface area (Å²) in [6.07, 6.45) is 3.17. The molecule has 0 radical (unpaired) electrons. The second-order valence-corrected chi connectivity index (χ2v) is 4.04. The maximum atomic E-state index is 8.96. The molecule has 0 saturated carbocycles. The van der Waals surface area contributed by atoms with Gasteiger partial charge in [-0.1, -0.05) is 0 Å². The predicted molar refractivity (Wildman–Crippen MR) is 58.8 cm³/mol. The van der Waals surface area contributed by atoms with Crippen molar-refractivity contribution in [1.82, 2.24) is 14.8 Å². The molecule has 0 aromatic carbocycles. The van der Waals surface area contributed by atoms with E-state index in [2.05, 4.69) is 10.1 Å². The highest BCUT2D eigenvalue weighted by Crippen LogP contribution is 2.19. The van der Waals surface area contributed by atoms with Gasteiger partial charge in [0.05, 0.1) is 10.5 Å². The Hall–Kier alpha value is -1.18. The smallest absolute Gasteiger partial charge is 0.423 e. The Kier molecular flexibility index (Phi) is 2.85. The van der Waals surface area contributed by atoms with Gasteiger partial charge in [0.2, 0.25) is 0 Å². The first-order valence-corrected chi connectivity index (χ1v) is 5.38. The van der Waals surface area contributed by atoms with E-state index in [4.69, 9.17) is 10.0 Å². The molecule has 0 unspecified atom stereocenters. The Morgan fingerprint density at radius 1 is 1.53 bits per heavy atom. The third-order valence-corrected chi connectivity index (χ3v) is 3.07. The molecular weight excluding hydrogens is 213 g/mol. The first-order chi connectivity index (χ1) is 7.22. The van der Waals surface area contributed by atoms with Crippen LogP contribution in [0, 0.1) is 0 Å². The first kappa shape index (κ1) is 10.3. The highest BCUT2D eigenvalue weighted by Gasteiger charge is 2.17. The van der Waals surface area contributed by atoms with E-state index in [-0.39, 0.29) is 0 Å². The lowest BCUT2D eigenvalue weighted by Gasteiger charge is -1.99. The molecule has 0 spiro atoms. The Balaban J connectivity index is 2.37. The molecule has 2 N–H and O–H groups in total. The number of nitrogens with zero attached hydrogens (tertiary/aromatic N) is 3. The van der Waals surface area contributed by atoms with Gasteiger partial charge in [0.25, 0.3) is 0 Å². The molecule has 0 saturated heterocycles. The number of hydrogen-bond donors (Lipinski definition) is 2. The quantitative estimate of drug-likeness (QED) is 0.701. The summed E-state index contributed by atoms with van der Waals surface area (Å²) in [7, 11) is -1.45. The minimum atomic E-state index is -1.45. The molecule has 78 valence electrons. The van der Waals surface area contributed by atoms with Gasteiger partial charge in [0.15, 0.2) is 0 Å². The van der Waals surface area contributed by atoms with E-state index in [1.807, 2.05) is 17.7 Å². The standard InChI is InChI=1S/C8H10BN3O2S/c1-2-12-6(3-4-11-12)8-10-5-7(15-8)9(13)14/h3-5,13-14H,2H2,1H3. The van der Waals surface area contributed by atoms with E-state index in [0.29, 0.717) is 4.78 Å². The minimum Gasteiger partial charge on any atom is -0.423 e. The van der Waals surface area contributed by atoms with Gasteiger partial charge >= 0.3 is 7.12 Å². The highest BCUT2D eigenvalue weighted by molar-refractivity contribution is 7.24. The monoisotopic (exact) mass is 223 g/mol. The zero-order valence-corrected chi connectivity index (χ0v) is 8.98. The minimum absolute atomic E-state index is 0.439. The van der Waals surface area contributed by atoms with E-state index in [0.717, 1.165) is 17.2 Å². The third-order valence-electron chi connectivity index (χ3n) is 2.01. The van der Waals surface area contributed by atoms with Crippen LogP contribution < -0.4 is 4.78 Å². The second-order valence-electron chi connectivity index (χ2n) is 2.97. The maximum Gasteiger partial charge on any atom is 0.500 e. The van der Waals surface area contributed by atoms with Crippen LogP contribution in [0.1, 0.15) is 6.92 Å². The molecule has 0 aliphatic carbocycles. The summed E-state index contributed by atoms with van der Waals surface area (Å²) >= 11 is 1.26. The van der Waals surface area contributed by atoms with Gasteiger partial charge in [-0.25, -0.2) is 4.98 Å².